The first-order valence-corrected chi connectivity index (χ1v) is 5.12. The molecule has 4 nitrogen and oxygen atoms in total. The van der Waals surface area contributed by atoms with Crippen molar-refractivity contribution >= 4 is 0 Å². The predicted octanol–water partition coefficient (Wildman–Crippen LogP) is 2.06. The van der Waals surface area contributed by atoms with E-state index in [1.54, 1.807) is 12.5 Å². The van der Waals surface area contributed by atoms with Gasteiger partial charge in [0.1, 0.15) is 6.33 Å². The van der Waals surface area contributed by atoms with Gasteiger partial charge >= 0.3 is 0 Å². The zero-order chi connectivity index (χ0) is 10.7. The molecule has 0 fully saturated rings. The zero-order valence-electron chi connectivity index (χ0n) is 9.01. The van der Waals surface area contributed by atoms with Crippen LogP contribution in [0, 0.1) is 6.92 Å². The van der Waals surface area contributed by atoms with Crippen LogP contribution in [0.3, 0.4) is 0 Å². The molecule has 2 aromatic rings. The lowest BCUT2D eigenvalue weighted by Crippen LogP contribution is -1.96. The Morgan fingerprint density at radius 1 is 1.27 bits per heavy atom. The van der Waals surface area contributed by atoms with Crippen molar-refractivity contribution in [2.24, 2.45) is 0 Å². The molecule has 0 amide bonds. The normalized spacial score (nSPS) is 10.5. The molecule has 15 heavy (non-hydrogen) atoms. The number of hydrogen-bond acceptors (Lipinski definition) is 3. The van der Waals surface area contributed by atoms with Crippen molar-refractivity contribution in [3.8, 4) is 11.4 Å². The standard InChI is InChI=1S/C11H14N4/c1-3-6-15-8-13-11(14-15)10-5-4-9(2)12-7-10/h4-5,7-8H,3,6H2,1-2H3. The minimum absolute atomic E-state index is 0.746. The van der Waals surface area contributed by atoms with E-state index in [9.17, 15) is 0 Å². The number of nitrogens with zero attached hydrogens (tertiary/aromatic N) is 4. The largest absolute Gasteiger partial charge is 0.261 e. The summed E-state index contributed by atoms with van der Waals surface area (Å²) in [6.45, 7) is 4.99. The Morgan fingerprint density at radius 2 is 2.13 bits per heavy atom. The lowest BCUT2D eigenvalue weighted by atomic mass is 10.2. The topological polar surface area (TPSA) is 43.6 Å². The summed E-state index contributed by atoms with van der Waals surface area (Å²) in [5.74, 6) is 0.746. The fourth-order valence-corrected chi connectivity index (χ4v) is 1.36. The Balaban J connectivity index is 2.25. The Kier molecular flexibility index (Phi) is 2.76. The van der Waals surface area contributed by atoms with Gasteiger partial charge in [0, 0.05) is 24.0 Å². The summed E-state index contributed by atoms with van der Waals surface area (Å²) in [4.78, 5) is 8.47. The van der Waals surface area contributed by atoms with Crippen LogP contribution >= 0.6 is 0 Å². The van der Waals surface area contributed by atoms with Gasteiger partial charge < -0.3 is 0 Å². The van der Waals surface area contributed by atoms with Gasteiger partial charge in [-0.15, -0.1) is 0 Å². The number of hydrogen-bond donors (Lipinski definition) is 0. The van der Waals surface area contributed by atoms with Crippen LogP contribution in [0.25, 0.3) is 11.4 Å². The minimum Gasteiger partial charge on any atom is -0.261 e. The molecule has 0 unspecified atom stereocenters. The fourth-order valence-electron chi connectivity index (χ4n) is 1.36. The van der Waals surface area contributed by atoms with E-state index in [1.807, 2.05) is 23.7 Å². The summed E-state index contributed by atoms with van der Waals surface area (Å²) in [7, 11) is 0. The van der Waals surface area contributed by atoms with Crippen LogP contribution in [0.15, 0.2) is 24.7 Å². The second-order valence-corrected chi connectivity index (χ2v) is 3.52. The first-order valence-electron chi connectivity index (χ1n) is 5.12. The van der Waals surface area contributed by atoms with Crippen LogP contribution in [0.4, 0.5) is 0 Å². The molecule has 2 aromatic heterocycles. The van der Waals surface area contributed by atoms with Crippen molar-refractivity contribution < 1.29 is 0 Å². The molecule has 0 radical (unpaired) electrons. The SMILES string of the molecule is CCCn1cnc(-c2ccc(C)nc2)n1. The van der Waals surface area contributed by atoms with E-state index in [0.29, 0.717) is 0 Å². The van der Waals surface area contributed by atoms with Gasteiger partial charge in [-0.05, 0) is 25.5 Å². The molecule has 4 heteroatoms. The average molecular weight is 202 g/mol. The first kappa shape index (κ1) is 9.83. The lowest BCUT2D eigenvalue weighted by molar-refractivity contribution is 0.602. The highest BCUT2D eigenvalue weighted by molar-refractivity contribution is 5.52. The third-order valence-corrected chi connectivity index (χ3v) is 2.16. The highest BCUT2D eigenvalue weighted by Crippen LogP contribution is 2.12. The molecular formula is C11H14N4. The summed E-state index contributed by atoms with van der Waals surface area (Å²) in [5, 5.41) is 4.37. The molecule has 0 aromatic carbocycles. The van der Waals surface area contributed by atoms with Crippen LogP contribution < -0.4 is 0 Å². The number of aromatic nitrogens is 4. The molecule has 0 bridgehead atoms. The van der Waals surface area contributed by atoms with Gasteiger partial charge in [0.2, 0.25) is 0 Å². The van der Waals surface area contributed by atoms with Gasteiger partial charge in [0.15, 0.2) is 5.82 Å². The average Bonchev–Trinajstić information content (AvgIpc) is 2.68. The Labute approximate surface area is 89.0 Å². The summed E-state index contributed by atoms with van der Waals surface area (Å²) in [5.41, 5.74) is 1.97. The van der Waals surface area contributed by atoms with Crippen molar-refractivity contribution in [3.05, 3.63) is 30.4 Å². The highest BCUT2D eigenvalue weighted by Gasteiger charge is 2.03. The molecule has 0 N–H and O–H groups in total. The van der Waals surface area contributed by atoms with Gasteiger partial charge in [-0.25, -0.2) is 4.98 Å². The molecule has 0 saturated heterocycles. The van der Waals surface area contributed by atoms with Gasteiger partial charge in [0.05, 0.1) is 0 Å². The predicted molar refractivity (Wildman–Crippen MR) is 58.3 cm³/mol. The van der Waals surface area contributed by atoms with Crippen LogP contribution in [-0.2, 0) is 6.54 Å². The van der Waals surface area contributed by atoms with Crippen LogP contribution in [0.2, 0.25) is 0 Å². The van der Waals surface area contributed by atoms with E-state index in [0.717, 1.165) is 30.0 Å². The number of aryl methyl sites for hydroxylation is 2. The monoisotopic (exact) mass is 202 g/mol. The molecule has 2 heterocycles. The second-order valence-electron chi connectivity index (χ2n) is 3.52. The quantitative estimate of drug-likeness (QED) is 0.765. The number of pyridine rings is 1. The molecule has 0 aliphatic rings. The van der Waals surface area contributed by atoms with E-state index in [1.165, 1.54) is 0 Å². The molecule has 78 valence electrons. The summed E-state index contributed by atoms with van der Waals surface area (Å²) in [6.07, 6.45) is 4.63. The molecule has 0 aliphatic heterocycles. The molecular weight excluding hydrogens is 188 g/mol. The third kappa shape index (κ3) is 2.21. The minimum atomic E-state index is 0.746. The Morgan fingerprint density at radius 3 is 2.80 bits per heavy atom. The van der Waals surface area contributed by atoms with Crippen molar-refractivity contribution in [1.29, 1.82) is 0 Å². The van der Waals surface area contributed by atoms with Crippen molar-refractivity contribution in [2.45, 2.75) is 26.8 Å². The third-order valence-electron chi connectivity index (χ3n) is 2.16. The van der Waals surface area contributed by atoms with E-state index in [2.05, 4.69) is 22.0 Å². The van der Waals surface area contributed by atoms with Crippen molar-refractivity contribution in [1.82, 2.24) is 19.7 Å². The van der Waals surface area contributed by atoms with E-state index >= 15 is 0 Å². The molecule has 2 rings (SSSR count). The number of rotatable bonds is 3. The van der Waals surface area contributed by atoms with E-state index < -0.39 is 0 Å². The molecule has 0 saturated carbocycles. The molecule has 0 spiro atoms. The van der Waals surface area contributed by atoms with Crippen LogP contribution in [0.5, 0.6) is 0 Å². The van der Waals surface area contributed by atoms with Crippen molar-refractivity contribution in [3.63, 3.8) is 0 Å². The van der Waals surface area contributed by atoms with Gasteiger partial charge in [-0.2, -0.15) is 5.10 Å². The highest BCUT2D eigenvalue weighted by atomic mass is 15.3. The molecule has 0 aliphatic carbocycles. The summed E-state index contributed by atoms with van der Waals surface area (Å²) >= 11 is 0. The van der Waals surface area contributed by atoms with E-state index in [4.69, 9.17) is 0 Å². The Bertz CT molecular complexity index is 430. The lowest BCUT2D eigenvalue weighted by Gasteiger charge is -1.96. The smallest absolute Gasteiger partial charge is 0.182 e. The maximum Gasteiger partial charge on any atom is 0.182 e. The maximum absolute atomic E-state index is 4.37. The van der Waals surface area contributed by atoms with Gasteiger partial charge in [-0.3, -0.25) is 9.67 Å². The van der Waals surface area contributed by atoms with Crippen LogP contribution in [-0.4, -0.2) is 19.7 Å². The van der Waals surface area contributed by atoms with E-state index in [-0.39, 0.29) is 0 Å². The second kappa shape index (κ2) is 4.21. The summed E-state index contributed by atoms with van der Waals surface area (Å²) in [6, 6.07) is 3.96. The first-order chi connectivity index (χ1) is 7.29. The van der Waals surface area contributed by atoms with Crippen LogP contribution in [0.1, 0.15) is 19.0 Å². The fraction of sp³-hybridized carbons (Fsp3) is 0.364. The van der Waals surface area contributed by atoms with Gasteiger partial charge in [0.25, 0.3) is 0 Å². The van der Waals surface area contributed by atoms with Gasteiger partial charge in [-0.1, -0.05) is 6.92 Å². The van der Waals surface area contributed by atoms with Crippen molar-refractivity contribution in [2.75, 3.05) is 0 Å². The summed E-state index contributed by atoms with van der Waals surface area (Å²) < 4.78 is 1.86. The zero-order valence-corrected chi connectivity index (χ0v) is 9.01. The Hall–Kier alpha value is -1.71. The maximum atomic E-state index is 4.37. The molecule has 0 atom stereocenters.